The summed E-state index contributed by atoms with van der Waals surface area (Å²) in [6.45, 7) is 5.22. The summed E-state index contributed by atoms with van der Waals surface area (Å²) in [6.07, 6.45) is 0.688. The van der Waals surface area contributed by atoms with E-state index >= 15 is 0 Å². The van der Waals surface area contributed by atoms with Crippen molar-refractivity contribution in [3.8, 4) is 0 Å². The SMILES string of the molecule is CC(C)(C)OC(=O)N[C@@H](CC(=O)O)c1cnsc1. The van der Waals surface area contributed by atoms with Gasteiger partial charge in [0, 0.05) is 17.1 Å². The predicted molar refractivity (Wildman–Crippen MR) is 66.5 cm³/mol. The predicted octanol–water partition coefficient (Wildman–Crippen LogP) is 2.18. The van der Waals surface area contributed by atoms with Crippen LogP contribution in [0, 0.1) is 0 Å². The Morgan fingerprint density at radius 2 is 2.22 bits per heavy atom. The number of carbonyl (C=O) groups is 2. The van der Waals surface area contributed by atoms with Crippen LogP contribution in [0.5, 0.6) is 0 Å². The third kappa shape index (κ3) is 5.13. The van der Waals surface area contributed by atoms with E-state index in [1.54, 1.807) is 26.2 Å². The summed E-state index contributed by atoms with van der Waals surface area (Å²) in [6, 6.07) is -0.629. The Morgan fingerprint density at radius 3 is 2.67 bits per heavy atom. The van der Waals surface area contributed by atoms with Crippen LogP contribution in [0.1, 0.15) is 38.8 Å². The maximum atomic E-state index is 11.6. The summed E-state index contributed by atoms with van der Waals surface area (Å²) in [4.78, 5) is 22.4. The molecule has 1 amide bonds. The summed E-state index contributed by atoms with van der Waals surface area (Å²) in [5, 5.41) is 13.1. The molecule has 1 heterocycles. The molecule has 0 spiro atoms. The molecule has 0 bridgehead atoms. The lowest BCUT2D eigenvalue weighted by molar-refractivity contribution is -0.137. The van der Waals surface area contributed by atoms with Crippen LogP contribution >= 0.6 is 11.5 Å². The number of nitrogens with one attached hydrogen (secondary N) is 1. The topological polar surface area (TPSA) is 88.5 Å². The number of hydrogen-bond donors (Lipinski definition) is 2. The molecule has 18 heavy (non-hydrogen) atoms. The van der Waals surface area contributed by atoms with Crippen molar-refractivity contribution < 1.29 is 19.4 Å². The molecule has 0 aromatic carbocycles. The van der Waals surface area contributed by atoms with Gasteiger partial charge in [0.05, 0.1) is 12.5 Å². The van der Waals surface area contributed by atoms with E-state index in [9.17, 15) is 9.59 Å². The van der Waals surface area contributed by atoms with E-state index in [0.717, 1.165) is 0 Å². The molecule has 1 atom stereocenters. The third-order valence-electron chi connectivity index (χ3n) is 1.92. The fraction of sp³-hybridized carbons (Fsp3) is 0.545. The number of carbonyl (C=O) groups excluding carboxylic acids is 1. The summed E-state index contributed by atoms with van der Waals surface area (Å²) >= 11 is 1.20. The molecule has 1 aromatic rings. The van der Waals surface area contributed by atoms with E-state index in [1.165, 1.54) is 17.7 Å². The van der Waals surface area contributed by atoms with Gasteiger partial charge in [-0.3, -0.25) is 4.79 Å². The number of hydrogen-bond acceptors (Lipinski definition) is 5. The fourth-order valence-electron chi connectivity index (χ4n) is 1.26. The highest BCUT2D eigenvalue weighted by atomic mass is 32.1. The molecule has 0 fully saturated rings. The number of carboxylic acids is 1. The molecule has 7 heteroatoms. The molecule has 2 N–H and O–H groups in total. The van der Waals surface area contributed by atoms with Gasteiger partial charge in [0.1, 0.15) is 5.60 Å². The number of nitrogens with zero attached hydrogens (tertiary/aromatic N) is 1. The minimum Gasteiger partial charge on any atom is -0.481 e. The van der Waals surface area contributed by atoms with Gasteiger partial charge in [-0.15, -0.1) is 0 Å². The quantitative estimate of drug-likeness (QED) is 0.877. The molecule has 1 rings (SSSR count). The lowest BCUT2D eigenvalue weighted by Crippen LogP contribution is -2.35. The van der Waals surface area contributed by atoms with Gasteiger partial charge in [-0.25, -0.2) is 9.17 Å². The van der Waals surface area contributed by atoms with Crippen LogP contribution in [-0.4, -0.2) is 27.1 Å². The van der Waals surface area contributed by atoms with Crippen molar-refractivity contribution in [1.29, 1.82) is 0 Å². The zero-order valence-corrected chi connectivity index (χ0v) is 11.3. The monoisotopic (exact) mass is 272 g/mol. The number of ether oxygens (including phenoxy) is 1. The van der Waals surface area contributed by atoms with Crippen molar-refractivity contribution in [2.45, 2.75) is 38.8 Å². The van der Waals surface area contributed by atoms with Crippen molar-refractivity contribution in [3.63, 3.8) is 0 Å². The lowest BCUT2D eigenvalue weighted by Gasteiger charge is -2.22. The van der Waals surface area contributed by atoms with Gasteiger partial charge < -0.3 is 15.2 Å². The normalized spacial score (nSPS) is 12.8. The number of alkyl carbamates (subject to hydrolysis) is 1. The highest BCUT2D eigenvalue weighted by Gasteiger charge is 2.22. The average molecular weight is 272 g/mol. The van der Waals surface area contributed by atoms with Crippen molar-refractivity contribution >= 4 is 23.6 Å². The Labute approximate surface area is 109 Å². The van der Waals surface area contributed by atoms with E-state index in [1.807, 2.05) is 0 Å². The van der Waals surface area contributed by atoms with Gasteiger partial charge in [0.2, 0.25) is 0 Å². The smallest absolute Gasteiger partial charge is 0.408 e. The minimum absolute atomic E-state index is 0.211. The first-order valence-electron chi connectivity index (χ1n) is 5.38. The molecule has 0 saturated heterocycles. The van der Waals surface area contributed by atoms with Crippen LogP contribution in [0.25, 0.3) is 0 Å². The van der Waals surface area contributed by atoms with Crippen LogP contribution < -0.4 is 5.32 Å². The first kappa shape index (κ1) is 14.4. The fourth-order valence-corrected chi connectivity index (χ4v) is 1.85. The molecular weight excluding hydrogens is 256 g/mol. The first-order chi connectivity index (χ1) is 8.28. The number of rotatable bonds is 4. The Kier molecular flexibility index (Phi) is 4.66. The van der Waals surface area contributed by atoms with Gasteiger partial charge in [0.15, 0.2) is 0 Å². The standard InChI is InChI=1S/C11H16N2O4S/c1-11(2,3)17-10(16)13-8(4-9(14)15)7-5-12-18-6-7/h5-6,8H,4H2,1-3H3,(H,13,16)(H,14,15)/t8-/m0/s1. The zero-order chi connectivity index (χ0) is 13.8. The van der Waals surface area contributed by atoms with Crippen LogP contribution in [0.4, 0.5) is 4.79 Å². The van der Waals surface area contributed by atoms with Crippen LogP contribution in [-0.2, 0) is 9.53 Å². The Balaban J connectivity index is 2.68. The van der Waals surface area contributed by atoms with E-state index < -0.39 is 23.7 Å². The van der Waals surface area contributed by atoms with Crippen LogP contribution in [0.3, 0.4) is 0 Å². The Bertz CT molecular complexity index is 411. The molecule has 0 aliphatic heterocycles. The number of amides is 1. The van der Waals surface area contributed by atoms with Gasteiger partial charge >= 0.3 is 12.1 Å². The second-order valence-electron chi connectivity index (χ2n) is 4.75. The van der Waals surface area contributed by atoms with Gasteiger partial charge in [-0.2, -0.15) is 0 Å². The summed E-state index contributed by atoms with van der Waals surface area (Å²) < 4.78 is 8.98. The highest BCUT2D eigenvalue weighted by Crippen LogP contribution is 2.19. The molecule has 0 aliphatic carbocycles. The Hall–Kier alpha value is -1.63. The van der Waals surface area contributed by atoms with E-state index in [0.29, 0.717) is 5.56 Å². The molecule has 0 aliphatic rings. The van der Waals surface area contributed by atoms with Crippen LogP contribution in [0.2, 0.25) is 0 Å². The van der Waals surface area contributed by atoms with Gasteiger partial charge in [-0.1, -0.05) is 0 Å². The van der Waals surface area contributed by atoms with Crippen molar-refractivity contribution in [1.82, 2.24) is 9.69 Å². The highest BCUT2D eigenvalue weighted by molar-refractivity contribution is 7.03. The third-order valence-corrected chi connectivity index (χ3v) is 2.53. The van der Waals surface area contributed by atoms with E-state index in [-0.39, 0.29) is 6.42 Å². The van der Waals surface area contributed by atoms with Crippen molar-refractivity contribution in [2.24, 2.45) is 0 Å². The maximum Gasteiger partial charge on any atom is 0.408 e. The molecule has 1 aromatic heterocycles. The second-order valence-corrected chi connectivity index (χ2v) is 5.41. The second kappa shape index (κ2) is 5.81. The number of carboxylic acid groups (broad SMARTS) is 1. The average Bonchev–Trinajstić information content (AvgIpc) is 2.64. The van der Waals surface area contributed by atoms with Crippen LogP contribution in [0.15, 0.2) is 11.6 Å². The molecule has 0 unspecified atom stereocenters. The summed E-state index contributed by atoms with van der Waals surface area (Å²) in [7, 11) is 0. The molecule has 0 saturated carbocycles. The molecule has 6 nitrogen and oxygen atoms in total. The minimum atomic E-state index is -0.998. The van der Waals surface area contributed by atoms with E-state index in [4.69, 9.17) is 9.84 Å². The maximum absolute atomic E-state index is 11.6. The lowest BCUT2D eigenvalue weighted by atomic mass is 10.1. The summed E-state index contributed by atoms with van der Waals surface area (Å²) in [5.74, 6) is -0.998. The molecule has 0 radical (unpaired) electrons. The number of aliphatic carboxylic acids is 1. The van der Waals surface area contributed by atoms with Crippen molar-refractivity contribution in [2.75, 3.05) is 0 Å². The van der Waals surface area contributed by atoms with Crippen molar-refractivity contribution in [3.05, 3.63) is 17.1 Å². The largest absolute Gasteiger partial charge is 0.481 e. The number of aromatic nitrogens is 1. The van der Waals surface area contributed by atoms with Gasteiger partial charge in [-0.05, 0) is 32.3 Å². The van der Waals surface area contributed by atoms with Gasteiger partial charge in [0.25, 0.3) is 0 Å². The first-order valence-corrected chi connectivity index (χ1v) is 6.22. The zero-order valence-electron chi connectivity index (χ0n) is 10.5. The Morgan fingerprint density at radius 1 is 1.56 bits per heavy atom. The molecule has 100 valence electrons. The van der Waals surface area contributed by atoms with E-state index in [2.05, 4.69) is 9.69 Å². The summed E-state index contributed by atoms with van der Waals surface area (Å²) in [5.41, 5.74) is 0.0401. The molecular formula is C11H16N2O4S.